The molecule has 3 rings (SSSR count). The van der Waals surface area contributed by atoms with Crippen molar-refractivity contribution < 1.29 is 13.2 Å². The fourth-order valence-corrected chi connectivity index (χ4v) is 4.00. The van der Waals surface area contributed by atoms with E-state index in [4.69, 9.17) is 0 Å². The third-order valence-electron chi connectivity index (χ3n) is 4.39. The fraction of sp³-hybridized carbons (Fsp3) is 0.190. The van der Waals surface area contributed by atoms with Crippen molar-refractivity contribution in [3.05, 3.63) is 72.3 Å². The largest absolute Gasteiger partial charge is 0.325 e. The van der Waals surface area contributed by atoms with Crippen LogP contribution >= 0.6 is 0 Å². The van der Waals surface area contributed by atoms with Crippen LogP contribution in [0, 0.1) is 0 Å². The van der Waals surface area contributed by atoms with Crippen molar-refractivity contribution in [3.8, 4) is 0 Å². The SMILES string of the molecule is CCc1ccc(NC(=O)C(C)NS(=O)(=O)c2ccc3ccccc3c2)cc1. The Morgan fingerprint density at radius 1 is 0.963 bits per heavy atom. The summed E-state index contributed by atoms with van der Waals surface area (Å²) in [6.07, 6.45) is 0.913. The van der Waals surface area contributed by atoms with E-state index in [0.717, 1.165) is 22.8 Å². The predicted octanol–water partition coefficient (Wildman–Crippen LogP) is 3.71. The van der Waals surface area contributed by atoms with Gasteiger partial charge in [0, 0.05) is 5.69 Å². The molecule has 0 bridgehead atoms. The Balaban J connectivity index is 1.72. The van der Waals surface area contributed by atoms with Crippen LogP contribution in [0.25, 0.3) is 10.8 Å². The number of hydrogen-bond acceptors (Lipinski definition) is 3. The molecule has 0 radical (unpaired) electrons. The lowest BCUT2D eigenvalue weighted by Gasteiger charge is -2.15. The maximum absolute atomic E-state index is 12.6. The van der Waals surface area contributed by atoms with Crippen LogP contribution in [0.5, 0.6) is 0 Å². The molecule has 0 aliphatic rings. The second kappa shape index (κ2) is 7.90. The third kappa shape index (κ3) is 4.53. The molecule has 0 aliphatic heterocycles. The summed E-state index contributed by atoms with van der Waals surface area (Å²) in [5.41, 5.74) is 1.80. The van der Waals surface area contributed by atoms with Crippen molar-refractivity contribution in [2.45, 2.75) is 31.2 Å². The van der Waals surface area contributed by atoms with Crippen LogP contribution in [-0.2, 0) is 21.2 Å². The molecule has 0 fully saturated rings. The normalized spacial score (nSPS) is 12.7. The number of aryl methyl sites for hydroxylation is 1. The van der Waals surface area contributed by atoms with E-state index in [1.54, 1.807) is 30.3 Å². The summed E-state index contributed by atoms with van der Waals surface area (Å²) in [4.78, 5) is 12.5. The standard InChI is InChI=1S/C21H22N2O3S/c1-3-16-8-11-19(12-9-16)22-21(24)15(2)23-27(25,26)20-13-10-17-6-4-5-7-18(17)14-20/h4-15,23H,3H2,1-2H3,(H,22,24). The third-order valence-corrected chi connectivity index (χ3v) is 5.92. The molecule has 2 N–H and O–H groups in total. The first-order chi connectivity index (χ1) is 12.9. The zero-order chi connectivity index (χ0) is 19.4. The number of nitrogens with one attached hydrogen (secondary N) is 2. The van der Waals surface area contributed by atoms with Crippen molar-refractivity contribution >= 4 is 32.4 Å². The van der Waals surface area contributed by atoms with Crippen LogP contribution in [0.3, 0.4) is 0 Å². The van der Waals surface area contributed by atoms with Crippen LogP contribution in [0.2, 0.25) is 0 Å². The van der Waals surface area contributed by atoms with E-state index in [0.29, 0.717) is 5.69 Å². The molecule has 1 unspecified atom stereocenters. The van der Waals surface area contributed by atoms with Crippen molar-refractivity contribution in [1.82, 2.24) is 4.72 Å². The number of sulfonamides is 1. The highest BCUT2D eigenvalue weighted by Gasteiger charge is 2.22. The van der Waals surface area contributed by atoms with E-state index in [-0.39, 0.29) is 4.90 Å². The van der Waals surface area contributed by atoms with Gasteiger partial charge in [-0.05, 0) is 53.9 Å². The first-order valence-corrected chi connectivity index (χ1v) is 10.3. The lowest BCUT2D eigenvalue weighted by Crippen LogP contribution is -2.41. The molecule has 5 nitrogen and oxygen atoms in total. The molecule has 0 spiro atoms. The second-order valence-corrected chi connectivity index (χ2v) is 8.11. The van der Waals surface area contributed by atoms with Crippen molar-refractivity contribution in [3.63, 3.8) is 0 Å². The van der Waals surface area contributed by atoms with Gasteiger partial charge in [-0.3, -0.25) is 4.79 Å². The predicted molar refractivity (Wildman–Crippen MR) is 108 cm³/mol. The number of fused-ring (bicyclic) bond motifs is 1. The average molecular weight is 382 g/mol. The van der Waals surface area contributed by atoms with E-state index in [2.05, 4.69) is 17.0 Å². The van der Waals surface area contributed by atoms with Gasteiger partial charge in [-0.15, -0.1) is 0 Å². The van der Waals surface area contributed by atoms with E-state index in [1.165, 1.54) is 6.92 Å². The van der Waals surface area contributed by atoms with Gasteiger partial charge in [0.05, 0.1) is 10.9 Å². The highest BCUT2D eigenvalue weighted by atomic mass is 32.2. The first kappa shape index (κ1) is 19.1. The minimum absolute atomic E-state index is 0.133. The van der Waals surface area contributed by atoms with Gasteiger partial charge in [-0.25, -0.2) is 8.42 Å². The number of anilines is 1. The molecule has 0 saturated carbocycles. The van der Waals surface area contributed by atoms with Crippen molar-refractivity contribution in [2.75, 3.05) is 5.32 Å². The van der Waals surface area contributed by atoms with E-state index in [1.807, 2.05) is 36.4 Å². The lowest BCUT2D eigenvalue weighted by molar-refractivity contribution is -0.117. The smallest absolute Gasteiger partial charge is 0.242 e. The zero-order valence-electron chi connectivity index (χ0n) is 15.3. The summed E-state index contributed by atoms with van der Waals surface area (Å²) in [5.74, 6) is -0.413. The van der Waals surface area contributed by atoms with E-state index in [9.17, 15) is 13.2 Å². The summed E-state index contributed by atoms with van der Waals surface area (Å²) in [6, 6.07) is 19.0. The molecule has 1 atom stereocenters. The van der Waals surface area contributed by atoms with Crippen molar-refractivity contribution in [1.29, 1.82) is 0 Å². The van der Waals surface area contributed by atoms with E-state index >= 15 is 0 Å². The number of carbonyl (C=O) groups is 1. The fourth-order valence-electron chi connectivity index (χ4n) is 2.76. The van der Waals surface area contributed by atoms with Gasteiger partial charge in [0.1, 0.15) is 0 Å². The van der Waals surface area contributed by atoms with E-state index < -0.39 is 22.0 Å². The number of benzene rings is 3. The van der Waals surface area contributed by atoms with Gasteiger partial charge >= 0.3 is 0 Å². The van der Waals surface area contributed by atoms with Crippen LogP contribution in [-0.4, -0.2) is 20.4 Å². The van der Waals surface area contributed by atoms with Crippen LogP contribution in [0.4, 0.5) is 5.69 Å². The average Bonchev–Trinajstić information content (AvgIpc) is 2.67. The molecule has 0 saturated heterocycles. The van der Waals surface area contributed by atoms with Gasteiger partial charge < -0.3 is 5.32 Å². The molecular formula is C21H22N2O3S. The number of amides is 1. The Labute approximate surface area is 159 Å². The van der Waals surface area contributed by atoms with Gasteiger partial charge in [0.25, 0.3) is 0 Å². The highest BCUT2D eigenvalue weighted by Crippen LogP contribution is 2.19. The molecule has 6 heteroatoms. The Morgan fingerprint density at radius 3 is 2.30 bits per heavy atom. The van der Waals surface area contributed by atoms with Gasteiger partial charge in [-0.2, -0.15) is 4.72 Å². The quantitative estimate of drug-likeness (QED) is 0.682. The zero-order valence-corrected chi connectivity index (χ0v) is 16.1. The van der Waals surface area contributed by atoms with Gasteiger partial charge in [-0.1, -0.05) is 49.4 Å². The minimum atomic E-state index is -3.81. The Morgan fingerprint density at radius 2 is 1.63 bits per heavy atom. The Bertz CT molecular complexity index is 1060. The maximum Gasteiger partial charge on any atom is 0.242 e. The summed E-state index contributed by atoms with van der Waals surface area (Å²) in [5, 5.41) is 4.51. The summed E-state index contributed by atoms with van der Waals surface area (Å²) in [6.45, 7) is 3.57. The number of carbonyl (C=O) groups excluding carboxylic acids is 1. The monoisotopic (exact) mass is 382 g/mol. The summed E-state index contributed by atoms with van der Waals surface area (Å²) >= 11 is 0. The number of rotatable bonds is 6. The molecule has 0 aliphatic carbocycles. The Kier molecular flexibility index (Phi) is 5.58. The van der Waals surface area contributed by atoms with Crippen LogP contribution in [0.15, 0.2) is 71.6 Å². The lowest BCUT2D eigenvalue weighted by atomic mass is 10.1. The molecule has 3 aromatic rings. The molecule has 140 valence electrons. The number of hydrogen-bond donors (Lipinski definition) is 2. The molecular weight excluding hydrogens is 360 g/mol. The van der Waals surface area contributed by atoms with Crippen LogP contribution in [0.1, 0.15) is 19.4 Å². The van der Waals surface area contributed by atoms with Gasteiger partial charge in [0.15, 0.2) is 0 Å². The molecule has 3 aromatic carbocycles. The van der Waals surface area contributed by atoms with Crippen molar-refractivity contribution in [2.24, 2.45) is 0 Å². The topological polar surface area (TPSA) is 75.3 Å². The Hall–Kier alpha value is -2.70. The van der Waals surface area contributed by atoms with Crippen LogP contribution < -0.4 is 10.0 Å². The molecule has 0 aromatic heterocycles. The molecule has 27 heavy (non-hydrogen) atoms. The highest BCUT2D eigenvalue weighted by molar-refractivity contribution is 7.89. The summed E-state index contributed by atoms with van der Waals surface area (Å²) in [7, 11) is -3.81. The maximum atomic E-state index is 12.6. The molecule has 1 amide bonds. The summed E-state index contributed by atoms with van der Waals surface area (Å²) < 4.78 is 27.7. The van der Waals surface area contributed by atoms with Gasteiger partial charge in [0.2, 0.25) is 15.9 Å². The minimum Gasteiger partial charge on any atom is -0.325 e. The first-order valence-electron chi connectivity index (χ1n) is 8.80. The molecule has 0 heterocycles. The second-order valence-electron chi connectivity index (χ2n) is 6.39.